The molecular formula is C19H20N+. The van der Waals surface area contributed by atoms with Crippen LogP contribution in [0.2, 0.25) is 0 Å². The number of fused-ring (bicyclic) bond motifs is 1. The zero-order chi connectivity index (χ0) is 14.1. The van der Waals surface area contributed by atoms with Gasteiger partial charge in [0.2, 0.25) is 0 Å². The number of hydrogen-bond donors (Lipinski definition) is 0. The molecule has 0 bridgehead atoms. The van der Waals surface area contributed by atoms with Crippen LogP contribution in [0.5, 0.6) is 0 Å². The standard InChI is InChI=1S/C19H20N/c1-14-8-9-15(2)17(12-14)13-19-18-7-5-4-6-16(18)10-11-20(19)3/h4-12H,13H2,1-3H3/q+1. The summed E-state index contributed by atoms with van der Waals surface area (Å²) in [5.41, 5.74) is 5.48. The van der Waals surface area contributed by atoms with Crippen molar-refractivity contribution in [2.45, 2.75) is 20.3 Å². The molecule has 1 heterocycles. The Morgan fingerprint density at radius 2 is 1.75 bits per heavy atom. The molecule has 20 heavy (non-hydrogen) atoms. The monoisotopic (exact) mass is 262 g/mol. The van der Waals surface area contributed by atoms with Crippen molar-refractivity contribution in [2.75, 3.05) is 0 Å². The van der Waals surface area contributed by atoms with Gasteiger partial charge in [-0.2, -0.15) is 0 Å². The smallest absolute Gasteiger partial charge is 0.193 e. The second-order valence-corrected chi connectivity index (χ2v) is 5.57. The van der Waals surface area contributed by atoms with Crippen molar-refractivity contribution in [1.82, 2.24) is 0 Å². The quantitative estimate of drug-likeness (QED) is 0.617. The predicted octanol–water partition coefficient (Wildman–Crippen LogP) is 3.87. The van der Waals surface area contributed by atoms with Crippen molar-refractivity contribution < 1.29 is 4.57 Å². The van der Waals surface area contributed by atoms with Gasteiger partial charge in [0.25, 0.3) is 0 Å². The molecule has 3 aromatic rings. The van der Waals surface area contributed by atoms with Gasteiger partial charge in [0.15, 0.2) is 11.9 Å². The van der Waals surface area contributed by atoms with Crippen LogP contribution < -0.4 is 4.57 Å². The van der Waals surface area contributed by atoms with Crippen molar-refractivity contribution in [3.8, 4) is 0 Å². The van der Waals surface area contributed by atoms with Crippen LogP contribution in [0.15, 0.2) is 54.7 Å². The summed E-state index contributed by atoms with van der Waals surface area (Å²) < 4.78 is 2.24. The van der Waals surface area contributed by atoms with Gasteiger partial charge in [-0.15, -0.1) is 0 Å². The third kappa shape index (κ3) is 2.32. The molecule has 0 amide bonds. The topological polar surface area (TPSA) is 3.88 Å². The van der Waals surface area contributed by atoms with E-state index in [1.54, 1.807) is 0 Å². The third-order valence-corrected chi connectivity index (χ3v) is 4.04. The maximum absolute atomic E-state index is 2.30. The van der Waals surface area contributed by atoms with Crippen LogP contribution in [0.4, 0.5) is 0 Å². The number of pyridine rings is 1. The first-order valence-electron chi connectivity index (χ1n) is 7.07. The summed E-state index contributed by atoms with van der Waals surface area (Å²) in [6, 6.07) is 17.5. The van der Waals surface area contributed by atoms with Crippen LogP contribution in [0.3, 0.4) is 0 Å². The molecule has 0 saturated heterocycles. The molecular weight excluding hydrogens is 242 g/mol. The molecule has 0 fully saturated rings. The molecule has 0 atom stereocenters. The van der Waals surface area contributed by atoms with Gasteiger partial charge in [0.1, 0.15) is 7.05 Å². The minimum atomic E-state index is 0.978. The predicted molar refractivity (Wildman–Crippen MR) is 83.8 cm³/mol. The second kappa shape index (κ2) is 5.09. The lowest BCUT2D eigenvalue weighted by molar-refractivity contribution is -0.677. The van der Waals surface area contributed by atoms with Crippen molar-refractivity contribution in [3.63, 3.8) is 0 Å². The molecule has 2 aromatic carbocycles. The van der Waals surface area contributed by atoms with Crippen molar-refractivity contribution in [1.29, 1.82) is 0 Å². The van der Waals surface area contributed by atoms with E-state index in [2.05, 4.69) is 80.2 Å². The molecule has 0 N–H and O–H groups in total. The zero-order valence-electron chi connectivity index (χ0n) is 12.4. The fraction of sp³-hybridized carbons (Fsp3) is 0.211. The molecule has 1 aromatic heterocycles. The average Bonchev–Trinajstić information content (AvgIpc) is 2.46. The molecule has 1 heteroatoms. The van der Waals surface area contributed by atoms with Crippen LogP contribution >= 0.6 is 0 Å². The average molecular weight is 262 g/mol. The lowest BCUT2D eigenvalue weighted by Gasteiger charge is -2.08. The van der Waals surface area contributed by atoms with Gasteiger partial charge in [0, 0.05) is 11.5 Å². The summed E-state index contributed by atoms with van der Waals surface area (Å²) in [6.07, 6.45) is 3.13. The van der Waals surface area contributed by atoms with Crippen LogP contribution in [0, 0.1) is 13.8 Å². The molecule has 0 spiro atoms. The van der Waals surface area contributed by atoms with E-state index in [0.717, 1.165) is 6.42 Å². The Morgan fingerprint density at radius 1 is 0.950 bits per heavy atom. The number of aryl methyl sites for hydroxylation is 3. The lowest BCUT2D eigenvalue weighted by Crippen LogP contribution is -2.33. The third-order valence-electron chi connectivity index (χ3n) is 4.04. The first kappa shape index (κ1) is 12.9. The SMILES string of the molecule is Cc1ccc(C)c(Cc2c3ccccc3cc[n+]2C)c1. The molecule has 3 rings (SSSR count). The van der Waals surface area contributed by atoms with E-state index < -0.39 is 0 Å². The number of benzene rings is 2. The Bertz CT molecular complexity index is 772. The van der Waals surface area contributed by atoms with Gasteiger partial charge in [-0.05, 0) is 36.4 Å². The molecule has 100 valence electrons. The summed E-state index contributed by atoms with van der Waals surface area (Å²) >= 11 is 0. The Kier molecular flexibility index (Phi) is 3.27. The summed E-state index contributed by atoms with van der Waals surface area (Å²) in [6.45, 7) is 4.35. The first-order chi connectivity index (χ1) is 9.65. The van der Waals surface area contributed by atoms with Crippen molar-refractivity contribution in [2.24, 2.45) is 7.05 Å². The molecule has 0 radical (unpaired) electrons. The summed E-state index contributed by atoms with van der Waals surface area (Å²) in [4.78, 5) is 0. The van der Waals surface area contributed by atoms with E-state index in [9.17, 15) is 0 Å². The van der Waals surface area contributed by atoms with E-state index in [1.165, 1.54) is 33.2 Å². The second-order valence-electron chi connectivity index (χ2n) is 5.57. The highest BCUT2D eigenvalue weighted by Gasteiger charge is 2.13. The summed E-state index contributed by atoms with van der Waals surface area (Å²) in [5, 5.41) is 2.66. The van der Waals surface area contributed by atoms with Crippen LogP contribution in [-0.4, -0.2) is 0 Å². The molecule has 1 nitrogen and oxygen atoms in total. The van der Waals surface area contributed by atoms with Crippen LogP contribution in [0.25, 0.3) is 10.8 Å². The van der Waals surface area contributed by atoms with Gasteiger partial charge < -0.3 is 0 Å². The first-order valence-corrected chi connectivity index (χ1v) is 7.07. The van der Waals surface area contributed by atoms with Crippen LogP contribution in [-0.2, 0) is 13.5 Å². The van der Waals surface area contributed by atoms with Gasteiger partial charge >= 0.3 is 0 Å². The van der Waals surface area contributed by atoms with Gasteiger partial charge in [-0.1, -0.05) is 42.0 Å². The molecule has 0 aliphatic carbocycles. The Hall–Kier alpha value is -2.15. The Labute approximate surface area is 120 Å². The van der Waals surface area contributed by atoms with E-state index in [-0.39, 0.29) is 0 Å². The normalized spacial score (nSPS) is 10.9. The highest BCUT2D eigenvalue weighted by molar-refractivity contribution is 5.83. The van der Waals surface area contributed by atoms with Crippen molar-refractivity contribution in [3.05, 3.63) is 77.1 Å². The molecule has 0 aliphatic rings. The minimum Gasteiger partial charge on any atom is -0.204 e. The zero-order valence-corrected chi connectivity index (χ0v) is 12.4. The molecule has 0 aliphatic heterocycles. The fourth-order valence-electron chi connectivity index (χ4n) is 2.77. The lowest BCUT2D eigenvalue weighted by atomic mass is 9.98. The van der Waals surface area contributed by atoms with E-state index in [1.807, 2.05) is 0 Å². The fourth-order valence-corrected chi connectivity index (χ4v) is 2.77. The van der Waals surface area contributed by atoms with Gasteiger partial charge in [-0.3, -0.25) is 0 Å². The number of rotatable bonds is 2. The highest BCUT2D eigenvalue weighted by atomic mass is 14.9. The number of nitrogens with zero attached hydrogens (tertiary/aromatic N) is 1. The number of hydrogen-bond acceptors (Lipinski definition) is 0. The van der Waals surface area contributed by atoms with E-state index >= 15 is 0 Å². The van der Waals surface area contributed by atoms with Crippen LogP contribution in [0.1, 0.15) is 22.4 Å². The molecule has 0 saturated carbocycles. The van der Waals surface area contributed by atoms with Gasteiger partial charge in [-0.25, -0.2) is 4.57 Å². The maximum atomic E-state index is 2.30. The highest BCUT2D eigenvalue weighted by Crippen LogP contribution is 2.20. The van der Waals surface area contributed by atoms with Crippen molar-refractivity contribution >= 4 is 10.8 Å². The Balaban J connectivity index is 2.15. The maximum Gasteiger partial charge on any atom is 0.193 e. The molecule has 0 unspecified atom stereocenters. The van der Waals surface area contributed by atoms with Gasteiger partial charge in [0.05, 0.1) is 6.42 Å². The summed E-state index contributed by atoms with van der Waals surface area (Å²) in [7, 11) is 2.13. The number of aromatic nitrogens is 1. The van der Waals surface area contributed by atoms with E-state index in [0.29, 0.717) is 0 Å². The Morgan fingerprint density at radius 3 is 2.60 bits per heavy atom. The van der Waals surface area contributed by atoms with E-state index in [4.69, 9.17) is 0 Å². The minimum absolute atomic E-state index is 0.978. The summed E-state index contributed by atoms with van der Waals surface area (Å²) in [5.74, 6) is 0. The largest absolute Gasteiger partial charge is 0.204 e.